The number of hydrogen-bond acceptors (Lipinski definition) is 3. The number of aromatic amines is 1. The van der Waals surface area contributed by atoms with Crippen molar-refractivity contribution in [3.8, 4) is 0 Å². The summed E-state index contributed by atoms with van der Waals surface area (Å²) in [7, 11) is 0. The summed E-state index contributed by atoms with van der Waals surface area (Å²) in [5.74, 6) is 2.99. The summed E-state index contributed by atoms with van der Waals surface area (Å²) in [6.07, 6.45) is 10.4. The van der Waals surface area contributed by atoms with E-state index in [1.165, 1.54) is 18.7 Å². The number of aromatic nitrogens is 4. The van der Waals surface area contributed by atoms with Crippen molar-refractivity contribution in [1.29, 1.82) is 0 Å². The first kappa shape index (κ1) is 14.5. The monoisotopic (exact) mass is 313 g/mol. The lowest BCUT2D eigenvalue weighted by molar-refractivity contribution is 0.0699. The molecule has 1 saturated heterocycles. The van der Waals surface area contributed by atoms with Crippen molar-refractivity contribution < 1.29 is 4.79 Å². The Balaban J connectivity index is 1.39. The van der Waals surface area contributed by atoms with Gasteiger partial charge in [0.1, 0.15) is 5.82 Å². The maximum atomic E-state index is 12.4. The van der Waals surface area contributed by atoms with Gasteiger partial charge in [-0.25, -0.2) is 9.97 Å². The highest BCUT2D eigenvalue weighted by atomic mass is 16.2. The van der Waals surface area contributed by atoms with E-state index in [0.717, 1.165) is 44.1 Å². The van der Waals surface area contributed by atoms with Crippen LogP contribution in [0.25, 0.3) is 0 Å². The minimum absolute atomic E-state index is 0.0119. The van der Waals surface area contributed by atoms with Gasteiger partial charge in [0.15, 0.2) is 5.82 Å². The molecule has 2 aromatic heterocycles. The first-order chi connectivity index (χ1) is 11.2. The fraction of sp³-hybridized carbons (Fsp3) is 0.588. The van der Waals surface area contributed by atoms with Crippen molar-refractivity contribution in [3.05, 3.63) is 35.9 Å². The summed E-state index contributed by atoms with van der Waals surface area (Å²) >= 11 is 0. The van der Waals surface area contributed by atoms with E-state index in [1.807, 2.05) is 18.0 Å². The van der Waals surface area contributed by atoms with E-state index in [4.69, 9.17) is 0 Å². The Morgan fingerprint density at radius 3 is 2.70 bits per heavy atom. The van der Waals surface area contributed by atoms with Crippen molar-refractivity contribution >= 4 is 5.91 Å². The molecule has 1 amide bonds. The largest absolute Gasteiger partial charge is 0.338 e. The van der Waals surface area contributed by atoms with E-state index in [0.29, 0.717) is 11.7 Å². The number of carbonyl (C=O) groups excluding carboxylic acids is 1. The normalized spacial score (nSPS) is 19.3. The van der Waals surface area contributed by atoms with Gasteiger partial charge in [0, 0.05) is 49.8 Å². The molecule has 6 nitrogen and oxygen atoms in total. The lowest BCUT2D eigenvalue weighted by Crippen LogP contribution is -2.38. The van der Waals surface area contributed by atoms with E-state index in [9.17, 15) is 4.79 Å². The second-order valence-corrected chi connectivity index (χ2v) is 6.86. The van der Waals surface area contributed by atoms with Crippen LogP contribution in [0.4, 0.5) is 0 Å². The number of carbonyl (C=O) groups is 1. The van der Waals surface area contributed by atoms with Crippen LogP contribution in [0.5, 0.6) is 0 Å². The maximum Gasteiger partial charge on any atom is 0.289 e. The molecule has 0 spiro atoms. The molecule has 4 rings (SSSR count). The number of likely N-dealkylation sites (tertiary alicyclic amines) is 1. The number of hydrogen-bond donors (Lipinski definition) is 1. The van der Waals surface area contributed by atoms with Gasteiger partial charge in [0.2, 0.25) is 0 Å². The van der Waals surface area contributed by atoms with E-state index in [-0.39, 0.29) is 5.91 Å². The third kappa shape index (κ3) is 3.02. The molecule has 2 aliphatic rings. The number of nitrogens with zero attached hydrogens (tertiary/aromatic N) is 4. The second kappa shape index (κ2) is 5.83. The summed E-state index contributed by atoms with van der Waals surface area (Å²) in [6.45, 7) is 4.58. The van der Waals surface area contributed by atoms with Gasteiger partial charge in [-0.15, -0.1) is 0 Å². The third-order valence-electron chi connectivity index (χ3n) is 4.95. The Morgan fingerprint density at radius 1 is 1.26 bits per heavy atom. The molecule has 122 valence electrons. The molecule has 0 radical (unpaired) electrons. The number of rotatable bonds is 4. The van der Waals surface area contributed by atoms with E-state index >= 15 is 0 Å². The minimum atomic E-state index is 0.0119. The second-order valence-electron chi connectivity index (χ2n) is 6.86. The zero-order chi connectivity index (χ0) is 15.8. The molecule has 2 fully saturated rings. The molecule has 1 saturated carbocycles. The van der Waals surface area contributed by atoms with Gasteiger partial charge < -0.3 is 14.5 Å². The number of amides is 1. The molecule has 0 aromatic carbocycles. The first-order valence-corrected chi connectivity index (χ1v) is 8.52. The number of piperidine rings is 1. The predicted octanol–water partition coefficient (Wildman–Crippen LogP) is 2.34. The van der Waals surface area contributed by atoms with Crippen molar-refractivity contribution in [2.75, 3.05) is 13.1 Å². The Morgan fingerprint density at radius 2 is 2.04 bits per heavy atom. The van der Waals surface area contributed by atoms with Crippen molar-refractivity contribution in [2.24, 2.45) is 5.92 Å². The Kier molecular flexibility index (Phi) is 3.67. The van der Waals surface area contributed by atoms with Crippen LogP contribution in [0.1, 0.15) is 53.7 Å². The van der Waals surface area contributed by atoms with Crippen molar-refractivity contribution in [3.63, 3.8) is 0 Å². The van der Waals surface area contributed by atoms with Gasteiger partial charge in [0.25, 0.3) is 5.91 Å². The van der Waals surface area contributed by atoms with Gasteiger partial charge in [0.05, 0.1) is 0 Å². The predicted molar refractivity (Wildman–Crippen MR) is 86.2 cm³/mol. The van der Waals surface area contributed by atoms with Crippen LogP contribution in [0.3, 0.4) is 0 Å². The van der Waals surface area contributed by atoms with Crippen LogP contribution < -0.4 is 0 Å². The SMILES string of the molecule is Cc1cnc(C(=O)N2CCC(c3nccn3CC3CC3)CC2)[nH]1. The highest BCUT2D eigenvalue weighted by Crippen LogP contribution is 2.33. The van der Waals surface area contributed by atoms with Crippen molar-refractivity contribution in [2.45, 2.75) is 45.1 Å². The lowest BCUT2D eigenvalue weighted by atomic mass is 9.95. The van der Waals surface area contributed by atoms with E-state index in [1.54, 1.807) is 6.20 Å². The molecule has 3 heterocycles. The topological polar surface area (TPSA) is 66.8 Å². The minimum Gasteiger partial charge on any atom is -0.338 e. The first-order valence-electron chi connectivity index (χ1n) is 8.52. The number of imidazole rings is 2. The molecule has 1 aliphatic carbocycles. The zero-order valence-electron chi connectivity index (χ0n) is 13.5. The molecule has 0 atom stereocenters. The highest BCUT2D eigenvalue weighted by Gasteiger charge is 2.29. The summed E-state index contributed by atoms with van der Waals surface area (Å²) in [5, 5.41) is 0. The number of nitrogens with one attached hydrogen (secondary N) is 1. The average Bonchev–Trinajstić information content (AvgIpc) is 3.07. The quantitative estimate of drug-likeness (QED) is 0.942. The molecule has 6 heteroatoms. The Hall–Kier alpha value is -2.11. The van der Waals surface area contributed by atoms with E-state index < -0.39 is 0 Å². The molecule has 1 N–H and O–H groups in total. The number of aryl methyl sites for hydroxylation is 1. The highest BCUT2D eigenvalue weighted by molar-refractivity contribution is 5.90. The molecule has 2 aromatic rings. The summed E-state index contributed by atoms with van der Waals surface area (Å²) in [5.41, 5.74) is 0.922. The van der Waals surface area contributed by atoms with E-state index in [2.05, 4.69) is 25.7 Å². The zero-order valence-corrected chi connectivity index (χ0v) is 13.5. The van der Waals surface area contributed by atoms with Gasteiger partial charge >= 0.3 is 0 Å². The fourth-order valence-electron chi connectivity index (χ4n) is 3.43. The van der Waals surface area contributed by atoms with Gasteiger partial charge in [-0.1, -0.05) is 0 Å². The molecular formula is C17H23N5O. The van der Waals surface area contributed by atoms with Gasteiger partial charge in [-0.3, -0.25) is 4.79 Å². The van der Waals surface area contributed by atoms with Gasteiger partial charge in [-0.2, -0.15) is 0 Å². The van der Waals surface area contributed by atoms with Crippen LogP contribution in [-0.4, -0.2) is 43.4 Å². The fourth-order valence-corrected chi connectivity index (χ4v) is 3.43. The average molecular weight is 313 g/mol. The summed E-state index contributed by atoms with van der Waals surface area (Å²) in [4.78, 5) is 26.1. The van der Waals surface area contributed by atoms with Crippen LogP contribution >= 0.6 is 0 Å². The Bertz CT molecular complexity index is 691. The molecule has 1 aliphatic heterocycles. The van der Waals surface area contributed by atoms with Crippen molar-refractivity contribution in [1.82, 2.24) is 24.4 Å². The molecule has 23 heavy (non-hydrogen) atoms. The standard InChI is InChI=1S/C17H23N5O/c1-12-10-19-15(20-12)17(23)21-7-4-14(5-8-21)16-18-6-9-22(16)11-13-2-3-13/h6,9-10,13-14H,2-5,7-8,11H2,1H3,(H,19,20). The maximum absolute atomic E-state index is 12.4. The smallest absolute Gasteiger partial charge is 0.289 e. The van der Waals surface area contributed by atoms with Crippen LogP contribution in [0.2, 0.25) is 0 Å². The molecular weight excluding hydrogens is 290 g/mol. The molecule has 0 unspecified atom stereocenters. The summed E-state index contributed by atoms with van der Waals surface area (Å²) < 4.78 is 2.33. The lowest BCUT2D eigenvalue weighted by Gasteiger charge is -2.31. The van der Waals surface area contributed by atoms with Crippen LogP contribution in [0, 0.1) is 12.8 Å². The van der Waals surface area contributed by atoms with Crippen LogP contribution in [0.15, 0.2) is 18.6 Å². The Labute approximate surface area is 135 Å². The number of H-pyrrole nitrogens is 1. The summed E-state index contributed by atoms with van der Waals surface area (Å²) in [6, 6.07) is 0. The van der Waals surface area contributed by atoms with Crippen LogP contribution in [-0.2, 0) is 6.54 Å². The third-order valence-corrected chi connectivity index (χ3v) is 4.95. The van der Waals surface area contributed by atoms with Gasteiger partial charge in [-0.05, 0) is 38.5 Å². The molecule has 0 bridgehead atoms.